The van der Waals surface area contributed by atoms with Crippen LogP contribution in [0, 0.1) is 24.1 Å². The molecule has 0 saturated heterocycles. The van der Waals surface area contributed by atoms with E-state index in [-0.39, 0.29) is 18.8 Å². The van der Waals surface area contributed by atoms with Crippen molar-refractivity contribution < 1.29 is 18.4 Å². The number of nitriles is 1. The van der Waals surface area contributed by atoms with Gasteiger partial charge in [-0.2, -0.15) is 5.26 Å². The van der Waals surface area contributed by atoms with Gasteiger partial charge in [0.2, 0.25) is 0 Å². The van der Waals surface area contributed by atoms with Crippen molar-refractivity contribution in [2.45, 2.75) is 19.8 Å². The van der Waals surface area contributed by atoms with Gasteiger partial charge in [0.25, 0.3) is 0 Å². The molecule has 1 aromatic heterocycles. The zero-order valence-corrected chi connectivity index (χ0v) is 18.5. The van der Waals surface area contributed by atoms with E-state index in [4.69, 9.17) is 14.5 Å². The third-order valence-corrected chi connectivity index (χ3v) is 5.37. The van der Waals surface area contributed by atoms with Gasteiger partial charge in [0.15, 0.2) is 5.76 Å². The van der Waals surface area contributed by atoms with E-state index in [0.717, 1.165) is 22.3 Å². The third-order valence-electron chi connectivity index (χ3n) is 5.37. The fourth-order valence-corrected chi connectivity index (χ4v) is 3.53. The lowest BCUT2D eigenvalue weighted by Crippen LogP contribution is -2.16. The highest BCUT2D eigenvalue weighted by Crippen LogP contribution is 2.32. The molecule has 1 heterocycles. The van der Waals surface area contributed by atoms with E-state index < -0.39 is 6.09 Å². The van der Waals surface area contributed by atoms with E-state index in [1.807, 2.05) is 48.5 Å². The van der Waals surface area contributed by atoms with Crippen LogP contribution < -0.4 is 5.32 Å². The quantitative estimate of drug-likeness (QED) is 0.353. The summed E-state index contributed by atoms with van der Waals surface area (Å²) in [5.41, 5.74) is 5.16. The number of rotatable bonds is 7. The second-order valence-electron chi connectivity index (χ2n) is 7.68. The zero-order valence-electron chi connectivity index (χ0n) is 18.5. The van der Waals surface area contributed by atoms with Gasteiger partial charge >= 0.3 is 6.09 Å². The number of hydrogen-bond donors (Lipinski definition) is 1. The van der Waals surface area contributed by atoms with Gasteiger partial charge in [-0.3, -0.25) is 5.32 Å². The van der Waals surface area contributed by atoms with E-state index in [1.165, 1.54) is 6.07 Å². The maximum Gasteiger partial charge on any atom is 0.411 e. The Morgan fingerprint density at radius 3 is 2.35 bits per heavy atom. The number of amides is 1. The molecule has 0 fully saturated rings. The molecule has 0 saturated carbocycles. The van der Waals surface area contributed by atoms with Crippen LogP contribution in [0.3, 0.4) is 0 Å². The van der Waals surface area contributed by atoms with Crippen LogP contribution in [0.5, 0.6) is 0 Å². The average molecular weight is 455 g/mol. The Labute approximate surface area is 196 Å². The molecule has 0 radical (unpaired) electrons. The van der Waals surface area contributed by atoms with Crippen LogP contribution in [-0.4, -0.2) is 17.9 Å². The minimum absolute atomic E-state index is 0.0360. The molecule has 0 unspecified atom stereocenters. The number of anilines is 1. The Morgan fingerprint density at radius 2 is 1.68 bits per heavy atom. The van der Waals surface area contributed by atoms with Crippen molar-refractivity contribution in [1.82, 2.24) is 5.16 Å². The highest BCUT2D eigenvalue weighted by molar-refractivity contribution is 5.90. The molecule has 7 heteroatoms. The van der Waals surface area contributed by atoms with Crippen molar-refractivity contribution in [3.05, 3.63) is 95.4 Å². The molecule has 170 valence electrons. The molecule has 0 aliphatic rings. The van der Waals surface area contributed by atoms with Gasteiger partial charge in [-0.15, -0.1) is 0 Å². The second-order valence-corrected chi connectivity index (χ2v) is 7.68. The summed E-state index contributed by atoms with van der Waals surface area (Å²) in [7, 11) is 0. The van der Waals surface area contributed by atoms with Gasteiger partial charge in [-0.05, 0) is 35.2 Å². The van der Waals surface area contributed by atoms with Crippen molar-refractivity contribution in [1.29, 1.82) is 5.26 Å². The number of ether oxygens (including phenoxy) is 1. The van der Waals surface area contributed by atoms with Crippen LogP contribution in [0.25, 0.3) is 22.5 Å². The van der Waals surface area contributed by atoms with Crippen LogP contribution >= 0.6 is 0 Å². The van der Waals surface area contributed by atoms with Crippen LogP contribution in [-0.2, 0) is 17.6 Å². The molecule has 34 heavy (non-hydrogen) atoms. The lowest BCUT2D eigenvalue weighted by Gasteiger charge is -2.08. The highest BCUT2D eigenvalue weighted by atomic mass is 19.1. The number of carbonyl (C=O) groups is 1. The number of halogens is 1. The summed E-state index contributed by atoms with van der Waals surface area (Å²) in [6.45, 7) is 1.76. The van der Waals surface area contributed by atoms with Crippen LogP contribution in [0.2, 0.25) is 0 Å². The normalized spacial score (nSPS) is 10.5. The summed E-state index contributed by atoms with van der Waals surface area (Å²) < 4.78 is 24.4. The van der Waals surface area contributed by atoms with Crippen LogP contribution in [0.1, 0.15) is 16.8 Å². The predicted octanol–water partition coefficient (Wildman–Crippen LogP) is 6.31. The molecule has 0 bridgehead atoms. The monoisotopic (exact) mass is 455 g/mol. The van der Waals surface area contributed by atoms with Gasteiger partial charge in [0, 0.05) is 12.0 Å². The molecule has 0 spiro atoms. The Kier molecular flexibility index (Phi) is 6.99. The maximum atomic E-state index is 13.7. The summed E-state index contributed by atoms with van der Waals surface area (Å²) in [6, 6.07) is 24.0. The van der Waals surface area contributed by atoms with Crippen molar-refractivity contribution >= 4 is 11.8 Å². The Bertz CT molecular complexity index is 1320. The lowest BCUT2D eigenvalue weighted by molar-refractivity contribution is 0.162. The average Bonchev–Trinajstić information content (AvgIpc) is 3.21. The van der Waals surface area contributed by atoms with Crippen LogP contribution in [0.15, 0.2) is 77.3 Å². The first-order valence-electron chi connectivity index (χ1n) is 10.8. The second kappa shape index (κ2) is 10.5. The van der Waals surface area contributed by atoms with E-state index in [0.29, 0.717) is 29.1 Å². The van der Waals surface area contributed by atoms with E-state index in [1.54, 1.807) is 25.1 Å². The number of nitrogens with zero attached hydrogens (tertiary/aromatic N) is 2. The number of hydrogen-bond acceptors (Lipinski definition) is 5. The third kappa shape index (κ3) is 5.30. The molecule has 0 aliphatic carbocycles. The molecule has 4 rings (SSSR count). The molecule has 1 N–H and O–H groups in total. The fourth-order valence-electron chi connectivity index (χ4n) is 3.53. The van der Waals surface area contributed by atoms with Crippen LogP contribution in [0.4, 0.5) is 14.9 Å². The van der Waals surface area contributed by atoms with Crippen molar-refractivity contribution in [3.63, 3.8) is 0 Å². The number of aryl methyl sites for hydroxylation is 1. The Balaban J connectivity index is 1.42. The van der Waals surface area contributed by atoms with Crippen molar-refractivity contribution in [2.75, 3.05) is 11.9 Å². The first-order valence-corrected chi connectivity index (χ1v) is 10.8. The lowest BCUT2D eigenvalue weighted by atomic mass is 10.0. The van der Waals surface area contributed by atoms with Crippen molar-refractivity contribution in [3.8, 4) is 28.5 Å². The fraction of sp³-hybridized carbons (Fsp3) is 0.148. The van der Waals surface area contributed by atoms with Gasteiger partial charge in [-0.25, -0.2) is 9.18 Å². The molecule has 1 amide bonds. The van der Waals surface area contributed by atoms with E-state index in [2.05, 4.69) is 16.5 Å². The minimum Gasteiger partial charge on any atom is -0.449 e. The summed E-state index contributed by atoms with van der Waals surface area (Å²) in [5, 5.41) is 15.5. The molecule has 3 aromatic carbocycles. The molecule has 4 aromatic rings. The summed E-state index contributed by atoms with van der Waals surface area (Å²) in [6.07, 6.45) is -0.0158. The molecule has 0 atom stereocenters. The topological polar surface area (TPSA) is 88.2 Å². The van der Waals surface area contributed by atoms with Gasteiger partial charge in [-0.1, -0.05) is 71.9 Å². The predicted molar refractivity (Wildman–Crippen MR) is 127 cm³/mol. The first-order chi connectivity index (χ1) is 16.5. The molecule has 0 aliphatic heterocycles. The number of benzene rings is 3. The summed E-state index contributed by atoms with van der Waals surface area (Å²) in [5.74, 6) is 0.0877. The Morgan fingerprint density at radius 1 is 1.03 bits per heavy atom. The highest BCUT2D eigenvalue weighted by Gasteiger charge is 2.18. The maximum absolute atomic E-state index is 13.7. The summed E-state index contributed by atoms with van der Waals surface area (Å²) in [4.78, 5) is 12.3. The Hall–Kier alpha value is -4.44. The number of aromatic nitrogens is 1. The van der Waals surface area contributed by atoms with Crippen molar-refractivity contribution in [2.24, 2.45) is 0 Å². The van der Waals surface area contributed by atoms with Gasteiger partial charge in [0.05, 0.1) is 19.1 Å². The van der Waals surface area contributed by atoms with Gasteiger partial charge in [0.1, 0.15) is 17.2 Å². The largest absolute Gasteiger partial charge is 0.449 e. The molecule has 6 nitrogen and oxygen atoms in total. The molecular formula is C27H22FN3O3. The number of carbonyl (C=O) groups excluding carboxylic acids is 1. The standard InChI is InChI=1S/C27H22FN3O3/c1-18-25(30-27(32)33-17-15-22-4-2-3-5-24(22)28)26(34-31-18)23-12-10-21(11-13-23)20-8-6-19(7-9-20)14-16-29/h2-13H,14-15,17H2,1H3,(H,30,32). The van der Waals surface area contributed by atoms with Gasteiger partial charge < -0.3 is 9.26 Å². The van der Waals surface area contributed by atoms with E-state index >= 15 is 0 Å². The van der Waals surface area contributed by atoms with E-state index in [9.17, 15) is 9.18 Å². The number of nitrogens with one attached hydrogen (secondary N) is 1. The first kappa shape index (κ1) is 22.7. The summed E-state index contributed by atoms with van der Waals surface area (Å²) >= 11 is 0. The zero-order chi connectivity index (χ0) is 23.9. The SMILES string of the molecule is Cc1noc(-c2ccc(-c3ccc(CC#N)cc3)cc2)c1NC(=O)OCCc1ccccc1F. The molecular weight excluding hydrogens is 433 g/mol. The smallest absolute Gasteiger partial charge is 0.411 e. The minimum atomic E-state index is -0.669.